The number of carbonyl (C=O) groups is 1. The molecule has 0 aliphatic rings. The zero-order valence-corrected chi connectivity index (χ0v) is 11.3. The first-order valence-electron chi connectivity index (χ1n) is 5.63. The summed E-state index contributed by atoms with van der Waals surface area (Å²) >= 11 is 5.96. The second-order valence-electron chi connectivity index (χ2n) is 3.74. The summed E-state index contributed by atoms with van der Waals surface area (Å²) in [6.45, 7) is 0.700. The number of para-hydroxylation sites is 1. The van der Waals surface area contributed by atoms with E-state index in [9.17, 15) is 4.79 Å². The van der Waals surface area contributed by atoms with Crippen molar-refractivity contribution >= 4 is 17.6 Å². The maximum Gasteiger partial charge on any atom is 0.312 e. The second kappa shape index (κ2) is 7.95. The number of ether oxygens (including phenoxy) is 3. The first-order valence-corrected chi connectivity index (χ1v) is 6.01. The molecule has 1 aromatic rings. The van der Waals surface area contributed by atoms with Crippen LogP contribution in [0.2, 0.25) is 5.02 Å². The number of esters is 1. The molecule has 1 atom stereocenters. The van der Waals surface area contributed by atoms with Gasteiger partial charge in [0.05, 0.1) is 18.1 Å². The quantitative estimate of drug-likeness (QED) is 0.716. The number of benzene rings is 1. The van der Waals surface area contributed by atoms with Gasteiger partial charge >= 0.3 is 5.97 Å². The Morgan fingerprint density at radius 3 is 2.67 bits per heavy atom. The molecule has 100 valence electrons. The van der Waals surface area contributed by atoms with Gasteiger partial charge in [-0.15, -0.1) is 0 Å². The first kappa shape index (κ1) is 14.8. The van der Waals surface area contributed by atoms with Crippen LogP contribution in [0.5, 0.6) is 5.75 Å². The summed E-state index contributed by atoms with van der Waals surface area (Å²) < 4.78 is 15.2. The number of methoxy groups -OCH3 is 2. The summed E-state index contributed by atoms with van der Waals surface area (Å²) in [4.78, 5) is 11.5. The highest BCUT2D eigenvalue weighted by molar-refractivity contribution is 6.32. The lowest BCUT2D eigenvalue weighted by Crippen LogP contribution is -2.24. The Morgan fingerprint density at radius 1 is 1.33 bits per heavy atom. The van der Waals surface area contributed by atoms with Gasteiger partial charge in [0.1, 0.15) is 12.4 Å². The number of carbonyl (C=O) groups excluding carboxylic acids is 1. The fourth-order valence-corrected chi connectivity index (χ4v) is 1.64. The summed E-state index contributed by atoms with van der Waals surface area (Å²) in [5, 5.41) is 0.521. The molecule has 1 rings (SSSR count). The zero-order chi connectivity index (χ0) is 13.4. The van der Waals surface area contributed by atoms with Crippen LogP contribution in [0.15, 0.2) is 24.3 Å². The Labute approximate surface area is 112 Å². The van der Waals surface area contributed by atoms with Gasteiger partial charge in [-0.25, -0.2) is 0 Å². The lowest BCUT2D eigenvalue weighted by atomic mass is 10.1. The van der Waals surface area contributed by atoms with E-state index in [1.807, 2.05) is 12.1 Å². The van der Waals surface area contributed by atoms with Crippen LogP contribution in [0, 0.1) is 5.92 Å². The van der Waals surface area contributed by atoms with Gasteiger partial charge in [-0.2, -0.15) is 0 Å². The Kier molecular flexibility index (Phi) is 6.54. The van der Waals surface area contributed by atoms with E-state index >= 15 is 0 Å². The fraction of sp³-hybridized carbons (Fsp3) is 0.462. The van der Waals surface area contributed by atoms with Gasteiger partial charge in [0, 0.05) is 13.7 Å². The highest BCUT2D eigenvalue weighted by atomic mass is 35.5. The molecule has 0 N–H and O–H groups in total. The molecule has 0 bridgehead atoms. The smallest absolute Gasteiger partial charge is 0.312 e. The molecular formula is C13H17ClO4. The van der Waals surface area contributed by atoms with E-state index in [0.717, 1.165) is 0 Å². The zero-order valence-electron chi connectivity index (χ0n) is 10.5. The number of rotatable bonds is 7. The third kappa shape index (κ3) is 4.55. The monoisotopic (exact) mass is 272 g/mol. The Hall–Kier alpha value is -1.26. The van der Waals surface area contributed by atoms with Gasteiger partial charge in [0.15, 0.2) is 0 Å². The average Bonchev–Trinajstić information content (AvgIpc) is 2.40. The summed E-state index contributed by atoms with van der Waals surface area (Å²) in [7, 11) is 2.95. The Morgan fingerprint density at radius 2 is 2.06 bits per heavy atom. The van der Waals surface area contributed by atoms with Gasteiger partial charge in [-0.3, -0.25) is 4.79 Å². The molecule has 0 saturated carbocycles. The molecule has 4 nitrogen and oxygen atoms in total. The van der Waals surface area contributed by atoms with Crippen LogP contribution in [0.1, 0.15) is 6.42 Å². The van der Waals surface area contributed by atoms with E-state index in [4.69, 9.17) is 25.8 Å². The maximum absolute atomic E-state index is 11.5. The minimum atomic E-state index is -0.355. The third-order valence-corrected chi connectivity index (χ3v) is 2.79. The van der Waals surface area contributed by atoms with Crippen molar-refractivity contribution in [3.63, 3.8) is 0 Å². The molecule has 0 saturated heterocycles. The maximum atomic E-state index is 11.5. The molecule has 18 heavy (non-hydrogen) atoms. The van der Waals surface area contributed by atoms with Crippen molar-refractivity contribution in [2.24, 2.45) is 5.92 Å². The van der Waals surface area contributed by atoms with E-state index in [1.165, 1.54) is 7.11 Å². The minimum Gasteiger partial charge on any atom is -0.491 e. The summed E-state index contributed by atoms with van der Waals surface area (Å²) in [5.41, 5.74) is 0. The van der Waals surface area contributed by atoms with E-state index < -0.39 is 0 Å². The molecule has 0 radical (unpaired) electrons. The van der Waals surface area contributed by atoms with Crippen molar-refractivity contribution in [3.8, 4) is 5.75 Å². The molecule has 1 unspecified atom stereocenters. The number of hydrogen-bond donors (Lipinski definition) is 0. The number of hydrogen-bond acceptors (Lipinski definition) is 4. The van der Waals surface area contributed by atoms with Crippen LogP contribution in [-0.2, 0) is 14.3 Å². The molecule has 0 spiro atoms. The molecule has 0 aliphatic carbocycles. The van der Waals surface area contributed by atoms with E-state index in [2.05, 4.69) is 0 Å². The largest absolute Gasteiger partial charge is 0.491 e. The lowest BCUT2D eigenvalue weighted by molar-refractivity contribution is -0.147. The molecule has 0 aromatic heterocycles. The van der Waals surface area contributed by atoms with E-state index in [-0.39, 0.29) is 18.5 Å². The van der Waals surface area contributed by atoms with Crippen LogP contribution in [0.25, 0.3) is 0 Å². The normalized spacial score (nSPS) is 11.9. The Bertz CT molecular complexity index is 381. The lowest BCUT2D eigenvalue weighted by Gasteiger charge is -2.15. The van der Waals surface area contributed by atoms with Gasteiger partial charge in [0.25, 0.3) is 0 Å². The standard InChI is InChI=1S/C13H17ClO4/c1-16-8-7-10(13(15)17-2)9-18-12-6-4-3-5-11(12)14/h3-6,10H,7-9H2,1-2H3. The molecule has 1 aromatic carbocycles. The summed E-state index contributed by atoms with van der Waals surface area (Å²) in [6, 6.07) is 7.13. The fourth-order valence-electron chi connectivity index (χ4n) is 1.45. The van der Waals surface area contributed by atoms with E-state index in [1.54, 1.807) is 19.2 Å². The van der Waals surface area contributed by atoms with Crippen molar-refractivity contribution in [2.45, 2.75) is 6.42 Å². The van der Waals surface area contributed by atoms with Gasteiger partial charge in [-0.1, -0.05) is 23.7 Å². The van der Waals surface area contributed by atoms with Crippen LogP contribution >= 0.6 is 11.6 Å². The first-order chi connectivity index (χ1) is 8.69. The van der Waals surface area contributed by atoms with Crippen molar-refractivity contribution < 1.29 is 19.0 Å². The molecular weight excluding hydrogens is 256 g/mol. The van der Waals surface area contributed by atoms with Crippen LogP contribution < -0.4 is 4.74 Å². The molecule has 5 heteroatoms. The van der Waals surface area contributed by atoms with Crippen LogP contribution in [0.3, 0.4) is 0 Å². The second-order valence-corrected chi connectivity index (χ2v) is 4.15. The minimum absolute atomic E-state index is 0.222. The van der Waals surface area contributed by atoms with Gasteiger partial charge in [-0.05, 0) is 18.6 Å². The predicted molar refractivity (Wildman–Crippen MR) is 68.9 cm³/mol. The highest BCUT2D eigenvalue weighted by Crippen LogP contribution is 2.24. The van der Waals surface area contributed by atoms with Crippen molar-refractivity contribution in [1.29, 1.82) is 0 Å². The van der Waals surface area contributed by atoms with Crippen molar-refractivity contribution in [3.05, 3.63) is 29.3 Å². The summed E-state index contributed by atoms with van der Waals surface area (Å²) in [5.74, 6) is -0.101. The molecule has 0 heterocycles. The molecule has 0 fully saturated rings. The Balaban J connectivity index is 2.56. The van der Waals surface area contributed by atoms with Gasteiger partial charge < -0.3 is 14.2 Å². The highest BCUT2D eigenvalue weighted by Gasteiger charge is 2.20. The van der Waals surface area contributed by atoms with Crippen molar-refractivity contribution in [1.82, 2.24) is 0 Å². The van der Waals surface area contributed by atoms with Gasteiger partial charge in [0.2, 0.25) is 0 Å². The SMILES string of the molecule is COCCC(COc1ccccc1Cl)C(=O)OC. The molecule has 0 amide bonds. The summed E-state index contributed by atoms with van der Waals surface area (Å²) in [6.07, 6.45) is 0.549. The third-order valence-electron chi connectivity index (χ3n) is 2.48. The molecule has 0 aliphatic heterocycles. The van der Waals surface area contributed by atoms with E-state index in [0.29, 0.717) is 23.8 Å². The van der Waals surface area contributed by atoms with Crippen LogP contribution in [0.4, 0.5) is 0 Å². The number of halogens is 1. The average molecular weight is 273 g/mol. The predicted octanol–water partition coefficient (Wildman–Crippen LogP) is 2.54. The van der Waals surface area contributed by atoms with Crippen LogP contribution in [-0.4, -0.2) is 33.4 Å². The van der Waals surface area contributed by atoms with Crippen molar-refractivity contribution in [2.75, 3.05) is 27.4 Å². The topological polar surface area (TPSA) is 44.8 Å².